The van der Waals surface area contributed by atoms with Gasteiger partial charge in [-0.05, 0) is 29.8 Å². The Bertz CT molecular complexity index is 728. The molecule has 0 fully saturated rings. The molecule has 19 heavy (non-hydrogen) atoms. The Morgan fingerprint density at radius 1 is 1.16 bits per heavy atom. The van der Waals surface area contributed by atoms with E-state index in [0.717, 1.165) is 27.9 Å². The number of aromatic nitrogens is 2. The van der Waals surface area contributed by atoms with Crippen LogP contribution in [0, 0.1) is 0 Å². The fraction of sp³-hybridized carbons (Fsp3) is 0.0625. The van der Waals surface area contributed by atoms with Crippen LogP contribution in [0.1, 0.15) is 11.1 Å². The highest BCUT2D eigenvalue weighted by molar-refractivity contribution is 5.89. The van der Waals surface area contributed by atoms with E-state index in [1.165, 1.54) is 0 Å². The van der Waals surface area contributed by atoms with Gasteiger partial charge in [0.1, 0.15) is 11.4 Å². The van der Waals surface area contributed by atoms with Gasteiger partial charge in [0, 0.05) is 23.3 Å². The molecule has 3 rings (SSSR count). The second-order valence-corrected chi connectivity index (χ2v) is 4.25. The Hall–Kier alpha value is -2.55. The van der Waals surface area contributed by atoms with Crippen LogP contribution in [0.3, 0.4) is 0 Å². The molecule has 1 N–H and O–H groups in total. The van der Waals surface area contributed by atoms with Crippen molar-refractivity contribution >= 4 is 23.2 Å². The number of nitrogens with one attached hydrogen (secondary N) is 1. The summed E-state index contributed by atoms with van der Waals surface area (Å²) in [6.07, 6.45) is 7.90. The van der Waals surface area contributed by atoms with Gasteiger partial charge in [-0.1, -0.05) is 24.3 Å². The lowest BCUT2D eigenvalue weighted by atomic mass is 10.1. The fourth-order valence-corrected chi connectivity index (χ4v) is 2.05. The minimum Gasteiger partial charge on any atom is -0.497 e. The maximum atomic E-state index is 5.21. The van der Waals surface area contributed by atoms with Gasteiger partial charge in [-0.3, -0.25) is 0 Å². The molecule has 0 saturated carbocycles. The Balaban J connectivity index is 1.93. The van der Waals surface area contributed by atoms with Crippen molar-refractivity contribution in [2.45, 2.75) is 0 Å². The van der Waals surface area contributed by atoms with Crippen LogP contribution in [0.25, 0.3) is 23.2 Å². The average molecular weight is 250 g/mol. The number of pyridine rings is 1. The van der Waals surface area contributed by atoms with Crippen molar-refractivity contribution in [3.05, 3.63) is 59.9 Å². The molecular formula is C16H14N2O. The Morgan fingerprint density at radius 2 is 2.11 bits per heavy atom. The van der Waals surface area contributed by atoms with E-state index in [0.29, 0.717) is 0 Å². The van der Waals surface area contributed by atoms with E-state index < -0.39 is 0 Å². The lowest BCUT2D eigenvalue weighted by Gasteiger charge is -1.99. The van der Waals surface area contributed by atoms with E-state index in [2.05, 4.69) is 28.2 Å². The third kappa shape index (κ3) is 2.36. The number of nitrogens with zero attached hydrogens (tertiary/aromatic N) is 1. The SMILES string of the molecule is COc1cccc(/C=C/c2c[nH]c3ncccc23)c1. The summed E-state index contributed by atoms with van der Waals surface area (Å²) in [6, 6.07) is 12.0. The summed E-state index contributed by atoms with van der Waals surface area (Å²) in [7, 11) is 1.67. The summed E-state index contributed by atoms with van der Waals surface area (Å²) in [5, 5.41) is 1.13. The van der Waals surface area contributed by atoms with Crippen molar-refractivity contribution in [1.82, 2.24) is 9.97 Å². The number of ether oxygens (including phenoxy) is 1. The predicted octanol–water partition coefficient (Wildman–Crippen LogP) is 3.74. The highest BCUT2D eigenvalue weighted by Gasteiger charge is 2.00. The van der Waals surface area contributed by atoms with Crippen LogP contribution in [0.5, 0.6) is 5.75 Å². The highest BCUT2D eigenvalue weighted by atomic mass is 16.5. The van der Waals surface area contributed by atoms with Crippen LogP contribution in [-0.4, -0.2) is 17.1 Å². The first-order chi connectivity index (χ1) is 9.36. The zero-order chi connectivity index (χ0) is 13.1. The first kappa shape index (κ1) is 11.5. The molecule has 1 aromatic carbocycles. The molecule has 0 unspecified atom stereocenters. The standard InChI is InChI=1S/C16H14N2O/c1-19-14-5-2-4-12(10-14)7-8-13-11-18-16-15(13)6-3-9-17-16/h2-11H,1H3,(H,17,18)/b8-7+. The molecule has 0 aliphatic heterocycles. The minimum atomic E-state index is 0.864. The second-order valence-electron chi connectivity index (χ2n) is 4.25. The van der Waals surface area contributed by atoms with E-state index >= 15 is 0 Å². The summed E-state index contributed by atoms with van der Waals surface area (Å²) >= 11 is 0. The van der Waals surface area contributed by atoms with Gasteiger partial charge in [-0.2, -0.15) is 0 Å². The van der Waals surface area contributed by atoms with Crippen molar-refractivity contribution in [2.24, 2.45) is 0 Å². The third-order valence-corrected chi connectivity index (χ3v) is 3.03. The van der Waals surface area contributed by atoms with Crippen LogP contribution in [0.15, 0.2) is 48.8 Å². The smallest absolute Gasteiger partial charge is 0.137 e. The van der Waals surface area contributed by atoms with E-state index in [4.69, 9.17) is 4.74 Å². The molecule has 2 heterocycles. The minimum absolute atomic E-state index is 0.864. The lowest BCUT2D eigenvalue weighted by Crippen LogP contribution is -1.82. The van der Waals surface area contributed by atoms with Crippen LogP contribution in [0.2, 0.25) is 0 Å². The number of rotatable bonds is 3. The molecule has 0 aliphatic rings. The highest BCUT2D eigenvalue weighted by Crippen LogP contribution is 2.19. The van der Waals surface area contributed by atoms with Gasteiger partial charge in [0.25, 0.3) is 0 Å². The van der Waals surface area contributed by atoms with Gasteiger partial charge in [-0.15, -0.1) is 0 Å². The Morgan fingerprint density at radius 3 is 3.00 bits per heavy atom. The van der Waals surface area contributed by atoms with Crippen LogP contribution >= 0.6 is 0 Å². The van der Waals surface area contributed by atoms with E-state index in [1.54, 1.807) is 13.3 Å². The normalized spacial score (nSPS) is 11.2. The fourth-order valence-electron chi connectivity index (χ4n) is 2.05. The molecule has 94 valence electrons. The molecule has 0 radical (unpaired) electrons. The number of hydrogen-bond acceptors (Lipinski definition) is 2. The zero-order valence-electron chi connectivity index (χ0n) is 10.6. The lowest BCUT2D eigenvalue weighted by molar-refractivity contribution is 0.414. The number of aromatic amines is 1. The molecule has 0 atom stereocenters. The number of H-pyrrole nitrogens is 1. The van der Waals surface area contributed by atoms with E-state index in [-0.39, 0.29) is 0 Å². The van der Waals surface area contributed by atoms with Gasteiger partial charge in [-0.25, -0.2) is 4.98 Å². The summed E-state index contributed by atoms with van der Waals surface area (Å²) < 4.78 is 5.21. The molecule has 0 saturated heterocycles. The number of fused-ring (bicyclic) bond motifs is 1. The van der Waals surface area contributed by atoms with Crippen molar-refractivity contribution in [3.8, 4) is 5.75 Å². The molecule has 3 nitrogen and oxygen atoms in total. The first-order valence-electron chi connectivity index (χ1n) is 6.11. The van der Waals surface area contributed by atoms with E-state index in [9.17, 15) is 0 Å². The maximum absolute atomic E-state index is 5.21. The van der Waals surface area contributed by atoms with Crippen molar-refractivity contribution in [3.63, 3.8) is 0 Å². The number of methoxy groups -OCH3 is 1. The van der Waals surface area contributed by atoms with Crippen molar-refractivity contribution in [2.75, 3.05) is 7.11 Å². The molecule has 0 spiro atoms. The molecule has 0 bridgehead atoms. The topological polar surface area (TPSA) is 37.9 Å². The van der Waals surface area contributed by atoms with Crippen molar-refractivity contribution < 1.29 is 4.74 Å². The third-order valence-electron chi connectivity index (χ3n) is 3.03. The molecule has 2 aromatic heterocycles. The zero-order valence-corrected chi connectivity index (χ0v) is 10.6. The summed E-state index contributed by atoms with van der Waals surface area (Å²) in [6.45, 7) is 0. The van der Waals surface area contributed by atoms with Crippen molar-refractivity contribution in [1.29, 1.82) is 0 Å². The maximum Gasteiger partial charge on any atom is 0.137 e. The van der Waals surface area contributed by atoms with Gasteiger partial charge in [0.05, 0.1) is 7.11 Å². The monoisotopic (exact) mass is 250 g/mol. The van der Waals surface area contributed by atoms with Crippen LogP contribution < -0.4 is 4.74 Å². The number of benzene rings is 1. The molecule has 3 heteroatoms. The summed E-state index contributed by atoms with van der Waals surface area (Å²) in [4.78, 5) is 7.43. The first-order valence-corrected chi connectivity index (χ1v) is 6.11. The Kier molecular flexibility index (Phi) is 3.02. The largest absolute Gasteiger partial charge is 0.497 e. The van der Waals surface area contributed by atoms with Gasteiger partial charge < -0.3 is 9.72 Å². The van der Waals surface area contributed by atoms with Gasteiger partial charge >= 0.3 is 0 Å². The van der Waals surface area contributed by atoms with Crippen LogP contribution in [-0.2, 0) is 0 Å². The molecule has 0 amide bonds. The predicted molar refractivity (Wildman–Crippen MR) is 78.0 cm³/mol. The summed E-state index contributed by atoms with van der Waals surface area (Å²) in [5.41, 5.74) is 3.15. The quantitative estimate of drug-likeness (QED) is 0.769. The summed E-state index contributed by atoms with van der Waals surface area (Å²) in [5.74, 6) is 0.864. The number of hydrogen-bond donors (Lipinski definition) is 1. The average Bonchev–Trinajstić information content (AvgIpc) is 2.89. The molecule has 3 aromatic rings. The van der Waals surface area contributed by atoms with Gasteiger partial charge in [0.15, 0.2) is 0 Å². The molecular weight excluding hydrogens is 236 g/mol. The van der Waals surface area contributed by atoms with E-state index in [1.807, 2.05) is 36.5 Å². The Labute approximate surface area is 111 Å². The molecule has 0 aliphatic carbocycles. The second kappa shape index (κ2) is 4.98. The van der Waals surface area contributed by atoms with Gasteiger partial charge in [0.2, 0.25) is 0 Å². The van der Waals surface area contributed by atoms with Crippen LogP contribution in [0.4, 0.5) is 0 Å².